The number of aryl methyl sites for hydroxylation is 4. The minimum absolute atomic E-state index is 0.222. The second kappa shape index (κ2) is 11.3. The van der Waals surface area contributed by atoms with E-state index in [2.05, 4.69) is 22.7 Å². The molecular weight excluding hydrogens is 414 g/mol. The van der Waals surface area contributed by atoms with Crippen LogP contribution in [0.1, 0.15) is 53.0 Å². The number of nitrogens with zero attached hydrogens (tertiary/aromatic N) is 3. The van der Waals surface area contributed by atoms with Gasteiger partial charge in [0.2, 0.25) is 5.96 Å². The highest BCUT2D eigenvalue weighted by molar-refractivity contribution is 6.10. The number of amides is 1. The number of hydrogen-bond acceptors (Lipinski definition) is 4. The number of nitrogens with one attached hydrogen (secondary N) is 2. The third kappa shape index (κ3) is 6.68. The molecule has 0 atom stereocenters. The smallest absolute Gasteiger partial charge is 0.257 e. The lowest BCUT2D eigenvalue weighted by Crippen LogP contribution is -2.36. The molecule has 33 heavy (non-hydrogen) atoms. The van der Waals surface area contributed by atoms with Gasteiger partial charge >= 0.3 is 0 Å². The number of aliphatic imine (C=N–C) groups is 1. The van der Waals surface area contributed by atoms with Gasteiger partial charge in [-0.25, -0.2) is 4.99 Å². The van der Waals surface area contributed by atoms with E-state index < -0.39 is 0 Å². The summed E-state index contributed by atoms with van der Waals surface area (Å²) < 4.78 is 7.66. The lowest BCUT2D eigenvalue weighted by atomic mass is 10.1. The van der Waals surface area contributed by atoms with Gasteiger partial charge in [-0.1, -0.05) is 36.2 Å². The Labute approximate surface area is 195 Å². The molecule has 0 saturated carbocycles. The molecule has 0 fully saturated rings. The Morgan fingerprint density at radius 2 is 1.82 bits per heavy atom. The van der Waals surface area contributed by atoms with Gasteiger partial charge in [-0.2, -0.15) is 5.10 Å². The largest absolute Gasteiger partial charge is 0.492 e. The van der Waals surface area contributed by atoms with Crippen molar-refractivity contribution in [2.24, 2.45) is 4.99 Å². The van der Waals surface area contributed by atoms with Crippen LogP contribution >= 0.6 is 0 Å². The number of benzene rings is 2. The van der Waals surface area contributed by atoms with Crippen LogP contribution in [0.3, 0.4) is 0 Å². The molecule has 0 bridgehead atoms. The van der Waals surface area contributed by atoms with Gasteiger partial charge in [0.1, 0.15) is 5.75 Å². The predicted octanol–water partition coefficient (Wildman–Crippen LogP) is 5.02. The summed E-state index contributed by atoms with van der Waals surface area (Å²) in [4.78, 5) is 17.7. The number of anilines is 1. The summed E-state index contributed by atoms with van der Waals surface area (Å²) in [5.74, 6) is 0.828. The van der Waals surface area contributed by atoms with E-state index in [1.54, 1.807) is 0 Å². The first-order valence-corrected chi connectivity index (χ1v) is 11.4. The number of hydrogen-bond donors (Lipinski definition) is 2. The second-order valence-electron chi connectivity index (χ2n) is 8.05. The zero-order valence-corrected chi connectivity index (χ0v) is 20.1. The molecular formula is C26H33N5O2. The summed E-state index contributed by atoms with van der Waals surface area (Å²) in [6.07, 6.45) is 3.02. The number of rotatable bonds is 8. The Hall–Kier alpha value is -3.61. The first-order chi connectivity index (χ1) is 15.9. The van der Waals surface area contributed by atoms with E-state index in [0.29, 0.717) is 30.4 Å². The summed E-state index contributed by atoms with van der Waals surface area (Å²) in [7, 11) is 0. The van der Waals surface area contributed by atoms with Crippen LogP contribution in [0.5, 0.6) is 5.75 Å². The van der Waals surface area contributed by atoms with Crippen molar-refractivity contribution >= 4 is 17.6 Å². The molecule has 3 aromatic rings. The summed E-state index contributed by atoms with van der Waals surface area (Å²) in [6, 6.07) is 13.4. The molecule has 0 saturated heterocycles. The van der Waals surface area contributed by atoms with Crippen LogP contribution in [0, 0.1) is 20.8 Å². The number of carbonyl (C=O) groups is 1. The number of aromatic nitrogens is 2. The van der Waals surface area contributed by atoms with Gasteiger partial charge in [-0.15, -0.1) is 0 Å². The molecule has 1 heterocycles. The molecule has 7 nitrogen and oxygen atoms in total. The van der Waals surface area contributed by atoms with Gasteiger partial charge in [-0.05, 0) is 58.4 Å². The lowest BCUT2D eigenvalue weighted by Gasteiger charge is -2.15. The normalized spacial score (nSPS) is 11.4. The fourth-order valence-corrected chi connectivity index (χ4v) is 3.60. The molecule has 0 aliphatic carbocycles. The lowest BCUT2D eigenvalue weighted by molar-refractivity contribution is 0.0976. The first kappa shape index (κ1) is 24.0. The Morgan fingerprint density at radius 3 is 2.52 bits per heavy atom. The molecule has 1 aromatic heterocycles. The highest BCUT2D eigenvalue weighted by Crippen LogP contribution is 2.23. The maximum atomic E-state index is 13.0. The van der Waals surface area contributed by atoms with Gasteiger partial charge in [0.25, 0.3) is 5.91 Å². The van der Waals surface area contributed by atoms with Gasteiger partial charge in [-0.3, -0.25) is 14.8 Å². The first-order valence-electron chi connectivity index (χ1n) is 11.4. The van der Waals surface area contributed by atoms with E-state index in [9.17, 15) is 4.79 Å². The Balaban J connectivity index is 1.88. The number of carbonyl (C=O) groups excluding carboxylic acids is 1. The number of ether oxygens (including phenoxy) is 1. The van der Waals surface area contributed by atoms with Crippen LogP contribution in [0.15, 0.2) is 53.7 Å². The van der Waals surface area contributed by atoms with Crippen molar-refractivity contribution in [1.29, 1.82) is 0 Å². The number of guanidine groups is 1. The summed E-state index contributed by atoms with van der Waals surface area (Å²) in [6.45, 7) is 11.8. The zero-order chi connectivity index (χ0) is 23.8. The predicted molar refractivity (Wildman–Crippen MR) is 133 cm³/mol. The van der Waals surface area contributed by atoms with Crippen molar-refractivity contribution in [3.63, 3.8) is 0 Å². The van der Waals surface area contributed by atoms with Gasteiger partial charge in [0.05, 0.1) is 24.5 Å². The van der Waals surface area contributed by atoms with E-state index in [-0.39, 0.29) is 5.91 Å². The molecule has 0 radical (unpaired) electrons. The Kier molecular flexibility index (Phi) is 8.24. The zero-order valence-electron chi connectivity index (χ0n) is 20.1. The van der Waals surface area contributed by atoms with Gasteiger partial charge in [0, 0.05) is 23.9 Å². The second-order valence-corrected chi connectivity index (χ2v) is 8.05. The van der Waals surface area contributed by atoms with E-state index in [4.69, 9.17) is 9.73 Å². The molecule has 7 heteroatoms. The molecule has 0 aliphatic heterocycles. The standard InChI is InChI=1S/C26H33N5O2/c1-6-12-31-17-22(20(5)30-31)16-27-26(28-23-10-8-9-11-24(23)33-7-2)29-25(32)21-14-18(3)13-19(4)15-21/h8-11,13-15,17H,6-7,12,16H2,1-5H3,(H2,27,28,29,32). The monoisotopic (exact) mass is 447 g/mol. The third-order valence-electron chi connectivity index (χ3n) is 5.06. The SMILES string of the molecule is CCCn1cc(CN=C(NC(=O)c2cc(C)cc(C)c2)Nc2ccccc2OCC)c(C)n1. The van der Waals surface area contributed by atoms with Crippen LogP contribution in [-0.2, 0) is 13.1 Å². The van der Waals surface area contributed by atoms with Crippen molar-refractivity contribution in [3.05, 3.63) is 76.6 Å². The van der Waals surface area contributed by atoms with Crippen molar-refractivity contribution < 1.29 is 9.53 Å². The average Bonchev–Trinajstić information content (AvgIpc) is 3.12. The van der Waals surface area contributed by atoms with Gasteiger partial charge < -0.3 is 10.1 Å². The molecule has 2 aromatic carbocycles. The Bertz CT molecular complexity index is 1110. The third-order valence-corrected chi connectivity index (χ3v) is 5.06. The average molecular weight is 448 g/mol. The van der Waals surface area contributed by atoms with Crippen molar-refractivity contribution in [2.75, 3.05) is 11.9 Å². The fourth-order valence-electron chi connectivity index (χ4n) is 3.60. The van der Waals surface area contributed by atoms with Crippen LogP contribution in [0.2, 0.25) is 0 Å². The van der Waals surface area contributed by atoms with E-state index in [1.807, 2.05) is 81.0 Å². The van der Waals surface area contributed by atoms with Crippen LogP contribution in [0.25, 0.3) is 0 Å². The molecule has 0 spiro atoms. The molecule has 0 unspecified atom stereocenters. The minimum atomic E-state index is -0.222. The topological polar surface area (TPSA) is 80.5 Å². The van der Waals surface area contributed by atoms with Crippen LogP contribution in [-0.4, -0.2) is 28.3 Å². The van der Waals surface area contributed by atoms with Crippen LogP contribution < -0.4 is 15.4 Å². The molecule has 174 valence electrons. The van der Waals surface area contributed by atoms with Crippen LogP contribution in [0.4, 0.5) is 5.69 Å². The van der Waals surface area contributed by atoms with Crippen molar-refractivity contribution in [1.82, 2.24) is 15.1 Å². The summed E-state index contributed by atoms with van der Waals surface area (Å²) >= 11 is 0. The maximum Gasteiger partial charge on any atom is 0.257 e. The van der Waals surface area contributed by atoms with Crippen molar-refractivity contribution in [2.45, 2.75) is 54.1 Å². The molecule has 2 N–H and O–H groups in total. The maximum absolute atomic E-state index is 13.0. The quantitative estimate of drug-likeness (QED) is 0.375. The molecule has 1 amide bonds. The van der Waals surface area contributed by atoms with Gasteiger partial charge in [0.15, 0.2) is 0 Å². The summed E-state index contributed by atoms with van der Waals surface area (Å²) in [5.41, 5.74) is 5.34. The number of para-hydroxylation sites is 2. The minimum Gasteiger partial charge on any atom is -0.492 e. The van der Waals surface area contributed by atoms with E-state index in [1.165, 1.54) is 0 Å². The van der Waals surface area contributed by atoms with E-state index >= 15 is 0 Å². The van der Waals surface area contributed by atoms with E-state index in [0.717, 1.165) is 41.0 Å². The molecule has 0 aliphatic rings. The summed E-state index contributed by atoms with van der Waals surface area (Å²) in [5, 5.41) is 10.7. The highest BCUT2D eigenvalue weighted by atomic mass is 16.5. The van der Waals surface area contributed by atoms with Crippen molar-refractivity contribution in [3.8, 4) is 5.75 Å². The molecule has 3 rings (SSSR count). The highest BCUT2D eigenvalue weighted by Gasteiger charge is 2.13. The Morgan fingerprint density at radius 1 is 1.09 bits per heavy atom. The fraction of sp³-hybridized carbons (Fsp3) is 0.346.